The zero-order chi connectivity index (χ0) is 21.5. The molecule has 0 atom stereocenters. The van der Waals surface area contributed by atoms with E-state index in [1.165, 1.54) is 0 Å². The van der Waals surface area contributed by atoms with Gasteiger partial charge in [-0.1, -0.05) is 0 Å². The minimum atomic E-state index is 0.0724. The predicted molar refractivity (Wildman–Crippen MR) is 119 cm³/mol. The molecule has 30 heavy (non-hydrogen) atoms. The van der Waals surface area contributed by atoms with Crippen molar-refractivity contribution in [3.8, 4) is 23.0 Å². The topological polar surface area (TPSA) is 54.0 Å². The summed E-state index contributed by atoms with van der Waals surface area (Å²) in [5, 5.41) is 0. The van der Waals surface area contributed by atoms with Crippen molar-refractivity contribution in [1.29, 1.82) is 0 Å². The van der Waals surface area contributed by atoms with Crippen LogP contribution in [0.4, 0.5) is 0 Å². The molecule has 1 aliphatic carbocycles. The summed E-state index contributed by atoms with van der Waals surface area (Å²) >= 11 is 0. The molecule has 0 heterocycles. The molecule has 0 unspecified atom stereocenters. The summed E-state index contributed by atoms with van der Waals surface area (Å²) in [6, 6.07) is 11.2. The highest BCUT2D eigenvalue weighted by atomic mass is 16.5. The monoisotopic (exact) mass is 408 g/mol. The van der Waals surface area contributed by atoms with E-state index in [2.05, 4.69) is 0 Å². The Balaban J connectivity index is 1.97. The quantitative estimate of drug-likeness (QED) is 0.478. The van der Waals surface area contributed by atoms with Gasteiger partial charge in [0.05, 0.1) is 28.4 Å². The van der Waals surface area contributed by atoms with Crippen molar-refractivity contribution < 1.29 is 23.7 Å². The van der Waals surface area contributed by atoms with Gasteiger partial charge in [0.2, 0.25) is 0 Å². The fourth-order valence-corrected chi connectivity index (χ4v) is 3.59. The lowest BCUT2D eigenvalue weighted by Gasteiger charge is -2.11. The van der Waals surface area contributed by atoms with E-state index in [1.807, 2.05) is 48.6 Å². The molecule has 1 saturated carbocycles. The van der Waals surface area contributed by atoms with E-state index in [0.29, 0.717) is 23.0 Å². The summed E-state index contributed by atoms with van der Waals surface area (Å²) in [4.78, 5) is 13.3. The lowest BCUT2D eigenvalue weighted by Crippen LogP contribution is -2.04. The van der Waals surface area contributed by atoms with Crippen LogP contribution in [-0.2, 0) is 4.79 Å². The van der Waals surface area contributed by atoms with Gasteiger partial charge >= 0.3 is 0 Å². The van der Waals surface area contributed by atoms with Gasteiger partial charge in [-0.15, -0.1) is 0 Å². The summed E-state index contributed by atoms with van der Waals surface area (Å²) in [5.41, 5.74) is 3.30. The molecule has 0 spiro atoms. The first-order chi connectivity index (χ1) is 14.6. The molecule has 0 amide bonds. The van der Waals surface area contributed by atoms with E-state index < -0.39 is 0 Å². The lowest BCUT2D eigenvalue weighted by molar-refractivity contribution is -0.112. The molecular weight excluding hydrogens is 380 g/mol. The van der Waals surface area contributed by atoms with Crippen molar-refractivity contribution in [2.45, 2.75) is 25.7 Å². The van der Waals surface area contributed by atoms with E-state index in [0.717, 1.165) is 48.0 Å². The molecule has 5 heteroatoms. The van der Waals surface area contributed by atoms with E-state index >= 15 is 0 Å². The van der Waals surface area contributed by atoms with Gasteiger partial charge in [-0.05, 0) is 62.1 Å². The molecule has 2 aromatic rings. The van der Waals surface area contributed by atoms with Crippen LogP contribution >= 0.6 is 0 Å². The van der Waals surface area contributed by atoms with E-state index in [-0.39, 0.29) is 5.78 Å². The van der Waals surface area contributed by atoms with Crippen LogP contribution in [0.3, 0.4) is 0 Å². The summed E-state index contributed by atoms with van der Waals surface area (Å²) in [6.45, 7) is 0. The van der Waals surface area contributed by atoms with Crippen molar-refractivity contribution >= 4 is 17.9 Å². The fraction of sp³-hybridized carbons (Fsp3) is 0.320. The molecule has 0 aromatic heterocycles. The highest BCUT2D eigenvalue weighted by Gasteiger charge is 2.20. The Labute approximate surface area is 177 Å². The van der Waals surface area contributed by atoms with Crippen LogP contribution in [0, 0.1) is 0 Å². The number of carbonyl (C=O) groups excluding carboxylic acids is 1. The molecule has 158 valence electrons. The number of rotatable bonds is 6. The van der Waals surface area contributed by atoms with Crippen molar-refractivity contribution in [2.75, 3.05) is 28.4 Å². The maximum atomic E-state index is 13.3. The number of allylic oxidation sites excluding steroid dienone is 2. The number of methoxy groups -OCH3 is 4. The number of ketones is 1. The zero-order valence-corrected chi connectivity index (χ0v) is 18.0. The molecule has 5 nitrogen and oxygen atoms in total. The van der Waals surface area contributed by atoms with E-state index in [4.69, 9.17) is 18.9 Å². The van der Waals surface area contributed by atoms with Gasteiger partial charge in [0, 0.05) is 34.4 Å². The SMILES string of the molecule is COc1ccc(/C=C2\CCCC/C(=C\c3ccc(OC)cc3OC)C2=O)c(OC)c1. The average molecular weight is 408 g/mol. The first-order valence-electron chi connectivity index (χ1n) is 9.99. The van der Waals surface area contributed by atoms with Crippen LogP contribution in [0.25, 0.3) is 12.2 Å². The Bertz CT molecular complexity index is 894. The summed E-state index contributed by atoms with van der Waals surface area (Å²) < 4.78 is 21.5. The number of hydrogen-bond acceptors (Lipinski definition) is 5. The van der Waals surface area contributed by atoms with Crippen molar-refractivity contribution in [3.05, 3.63) is 58.7 Å². The largest absolute Gasteiger partial charge is 0.497 e. The molecule has 0 aliphatic heterocycles. The Morgan fingerprint density at radius 3 is 1.47 bits per heavy atom. The molecule has 0 N–H and O–H groups in total. The predicted octanol–water partition coefficient (Wildman–Crippen LogP) is 5.33. The lowest BCUT2D eigenvalue weighted by atomic mass is 9.97. The second-order valence-corrected chi connectivity index (χ2v) is 7.09. The third-order valence-corrected chi connectivity index (χ3v) is 5.27. The minimum Gasteiger partial charge on any atom is -0.497 e. The van der Waals surface area contributed by atoms with Crippen molar-refractivity contribution in [3.63, 3.8) is 0 Å². The second-order valence-electron chi connectivity index (χ2n) is 7.09. The average Bonchev–Trinajstić information content (AvgIpc) is 2.95. The molecule has 0 radical (unpaired) electrons. The van der Waals surface area contributed by atoms with Gasteiger partial charge in [-0.2, -0.15) is 0 Å². The highest BCUT2D eigenvalue weighted by molar-refractivity contribution is 6.13. The molecule has 1 aliphatic rings. The summed E-state index contributed by atoms with van der Waals surface area (Å²) in [6.07, 6.45) is 7.28. The number of Topliss-reactive ketones (excluding diaryl/α,β-unsaturated/α-hetero) is 1. The highest BCUT2D eigenvalue weighted by Crippen LogP contribution is 2.33. The molecule has 0 bridgehead atoms. The van der Waals surface area contributed by atoms with Crippen molar-refractivity contribution in [1.82, 2.24) is 0 Å². The first kappa shape index (κ1) is 21.5. The van der Waals surface area contributed by atoms with Crippen LogP contribution in [-0.4, -0.2) is 34.2 Å². The Hall–Kier alpha value is -3.21. The summed E-state index contributed by atoms with van der Waals surface area (Å²) in [5.74, 6) is 2.87. The standard InChI is InChI=1S/C25H28O5/c1-27-21-11-9-17(23(15-21)29-3)13-19-7-5-6-8-20(25(19)26)14-18-10-12-22(28-2)16-24(18)30-4/h9-16H,5-8H2,1-4H3/b19-13+,20-14+. The van der Waals surface area contributed by atoms with Crippen LogP contribution in [0.1, 0.15) is 36.8 Å². The molecule has 1 fully saturated rings. The van der Waals surface area contributed by atoms with Crippen LogP contribution in [0.5, 0.6) is 23.0 Å². The van der Waals surface area contributed by atoms with Gasteiger partial charge in [-0.25, -0.2) is 0 Å². The normalized spacial score (nSPS) is 17.0. The van der Waals surface area contributed by atoms with Gasteiger partial charge in [-0.3, -0.25) is 4.79 Å². The van der Waals surface area contributed by atoms with Gasteiger partial charge in [0.1, 0.15) is 23.0 Å². The Morgan fingerprint density at radius 2 is 1.10 bits per heavy atom. The number of hydrogen-bond donors (Lipinski definition) is 0. The molecular formula is C25H28O5. The fourth-order valence-electron chi connectivity index (χ4n) is 3.59. The number of benzene rings is 2. The Morgan fingerprint density at radius 1 is 0.667 bits per heavy atom. The maximum absolute atomic E-state index is 13.3. The third-order valence-electron chi connectivity index (χ3n) is 5.27. The zero-order valence-electron chi connectivity index (χ0n) is 18.0. The smallest absolute Gasteiger partial charge is 0.185 e. The second kappa shape index (κ2) is 10.0. The first-order valence-corrected chi connectivity index (χ1v) is 9.99. The van der Waals surface area contributed by atoms with Gasteiger partial charge < -0.3 is 18.9 Å². The Kier molecular flexibility index (Phi) is 7.17. The summed E-state index contributed by atoms with van der Waals surface area (Å²) in [7, 11) is 6.47. The van der Waals surface area contributed by atoms with Crippen LogP contribution in [0.2, 0.25) is 0 Å². The van der Waals surface area contributed by atoms with E-state index in [9.17, 15) is 4.79 Å². The molecule has 3 rings (SSSR count). The van der Waals surface area contributed by atoms with Gasteiger partial charge in [0.15, 0.2) is 5.78 Å². The molecule has 2 aromatic carbocycles. The number of ether oxygens (including phenoxy) is 4. The molecule has 0 saturated heterocycles. The third kappa shape index (κ3) is 4.85. The van der Waals surface area contributed by atoms with Crippen molar-refractivity contribution in [2.24, 2.45) is 0 Å². The number of carbonyl (C=O) groups is 1. The van der Waals surface area contributed by atoms with Crippen LogP contribution < -0.4 is 18.9 Å². The van der Waals surface area contributed by atoms with Crippen LogP contribution in [0.15, 0.2) is 47.5 Å². The van der Waals surface area contributed by atoms with E-state index in [1.54, 1.807) is 28.4 Å². The maximum Gasteiger partial charge on any atom is 0.185 e. The minimum absolute atomic E-state index is 0.0724. The van der Waals surface area contributed by atoms with Gasteiger partial charge in [0.25, 0.3) is 0 Å².